The number of ether oxygens (including phenoxy) is 2. The summed E-state index contributed by atoms with van der Waals surface area (Å²) in [6.07, 6.45) is 0. The molecule has 0 amide bonds. The summed E-state index contributed by atoms with van der Waals surface area (Å²) in [7, 11) is 3.35. The Morgan fingerprint density at radius 2 is 1.68 bits per heavy atom. The Labute approximate surface area is 156 Å². The molecule has 1 aliphatic rings. The Morgan fingerprint density at radius 3 is 2.24 bits per heavy atom. The molecule has 1 saturated heterocycles. The maximum atomic E-state index is 6.19. The number of hydrogen-bond acceptors (Lipinski definition) is 4. The fraction of sp³-hybridized carbons (Fsp3) is 0.400. The average Bonchev–Trinajstić information content (AvgIpc) is 2.92. The van der Waals surface area contributed by atoms with Gasteiger partial charge >= 0.3 is 0 Å². The van der Waals surface area contributed by atoms with Gasteiger partial charge in [-0.2, -0.15) is 0 Å². The van der Waals surface area contributed by atoms with Crippen LogP contribution in [0.25, 0.3) is 11.1 Å². The summed E-state index contributed by atoms with van der Waals surface area (Å²) in [6.45, 7) is 5.05. The van der Waals surface area contributed by atoms with E-state index in [9.17, 15) is 0 Å². The lowest BCUT2D eigenvalue weighted by atomic mass is 9.98. The van der Waals surface area contributed by atoms with E-state index in [1.165, 1.54) is 16.7 Å². The second-order valence-electron chi connectivity index (χ2n) is 6.57. The second-order valence-corrected chi connectivity index (χ2v) is 6.57. The molecule has 1 heterocycles. The van der Waals surface area contributed by atoms with Crippen LogP contribution in [0, 0.1) is 5.92 Å². The number of benzene rings is 2. The van der Waals surface area contributed by atoms with Crippen LogP contribution in [-0.2, 0) is 6.54 Å². The van der Waals surface area contributed by atoms with Crippen molar-refractivity contribution in [2.75, 3.05) is 27.3 Å². The second kappa shape index (κ2) is 8.56. The summed E-state index contributed by atoms with van der Waals surface area (Å²) < 4.78 is 11.0. The zero-order chi connectivity index (χ0) is 17.1. The Morgan fingerprint density at radius 1 is 1.04 bits per heavy atom. The van der Waals surface area contributed by atoms with Crippen LogP contribution < -0.4 is 15.2 Å². The summed E-state index contributed by atoms with van der Waals surface area (Å²) in [5.41, 5.74) is 9.79. The van der Waals surface area contributed by atoms with Gasteiger partial charge in [-0.05, 0) is 34.7 Å². The molecule has 4 nitrogen and oxygen atoms in total. The van der Waals surface area contributed by atoms with Crippen LogP contribution >= 0.6 is 12.4 Å². The molecule has 2 aromatic carbocycles. The van der Waals surface area contributed by atoms with Crippen LogP contribution in [0.1, 0.15) is 12.5 Å². The Balaban J connectivity index is 0.00000225. The van der Waals surface area contributed by atoms with E-state index in [0.717, 1.165) is 31.1 Å². The van der Waals surface area contributed by atoms with Crippen molar-refractivity contribution >= 4 is 12.4 Å². The van der Waals surface area contributed by atoms with Crippen molar-refractivity contribution in [2.45, 2.75) is 19.5 Å². The first-order valence-electron chi connectivity index (χ1n) is 8.40. The zero-order valence-corrected chi connectivity index (χ0v) is 15.9. The van der Waals surface area contributed by atoms with Crippen molar-refractivity contribution in [2.24, 2.45) is 11.7 Å². The quantitative estimate of drug-likeness (QED) is 0.883. The van der Waals surface area contributed by atoms with Gasteiger partial charge in [0.05, 0.1) is 14.2 Å². The third-order valence-corrected chi connectivity index (χ3v) is 4.83. The van der Waals surface area contributed by atoms with Gasteiger partial charge in [0.15, 0.2) is 11.5 Å². The molecular formula is C20H27ClN2O2. The molecule has 25 heavy (non-hydrogen) atoms. The van der Waals surface area contributed by atoms with Crippen molar-refractivity contribution in [3.63, 3.8) is 0 Å². The minimum absolute atomic E-state index is 0. The zero-order valence-electron chi connectivity index (χ0n) is 15.1. The van der Waals surface area contributed by atoms with E-state index in [2.05, 4.69) is 48.2 Å². The predicted octanol–water partition coefficient (Wildman–Crippen LogP) is 3.57. The molecule has 2 aromatic rings. The third kappa shape index (κ3) is 4.27. The van der Waals surface area contributed by atoms with Crippen LogP contribution in [-0.4, -0.2) is 38.3 Å². The standard InChI is InChI=1S/C20H26N2O2.ClH/c1-14-11-22(13-18(14)21)12-16-9-19(23-2)20(24-3)10-17(16)15-7-5-4-6-8-15;/h4-10,14,18H,11-13,21H2,1-3H3;1H. The molecule has 2 atom stereocenters. The number of nitrogens with two attached hydrogens (primary N) is 1. The Hall–Kier alpha value is -1.75. The molecule has 0 aliphatic carbocycles. The summed E-state index contributed by atoms with van der Waals surface area (Å²) >= 11 is 0. The van der Waals surface area contributed by atoms with E-state index >= 15 is 0 Å². The van der Waals surface area contributed by atoms with Crippen LogP contribution in [0.3, 0.4) is 0 Å². The highest BCUT2D eigenvalue weighted by Gasteiger charge is 2.27. The first kappa shape index (κ1) is 19.6. The molecule has 0 saturated carbocycles. The van der Waals surface area contributed by atoms with Crippen molar-refractivity contribution in [3.8, 4) is 22.6 Å². The molecule has 1 aliphatic heterocycles. The first-order chi connectivity index (χ1) is 11.6. The van der Waals surface area contributed by atoms with Gasteiger partial charge in [0.1, 0.15) is 0 Å². The van der Waals surface area contributed by atoms with Crippen LogP contribution in [0.5, 0.6) is 11.5 Å². The van der Waals surface area contributed by atoms with Gasteiger partial charge in [-0.25, -0.2) is 0 Å². The van der Waals surface area contributed by atoms with Gasteiger partial charge in [0, 0.05) is 25.7 Å². The maximum Gasteiger partial charge on any atom is 0.161 e. The van der Waals surface area contributed by atoms with Crippen LogP contribution in [0.2, 0.25) is 0 Å². The number of halogens is 1. The minimum Gasteiger partial charge on any atom is -0.493 e. The number of likely N-dealkylation sites (tertiary alicyclic amines) is 1. The SMILES string of the molecule is COc1cc(CN2CC(C)C(N)C2)c(-c2ccccc2)cc1OC.Cl. The number of rotatable bonds is 5. The van der Waals surface area contributed by atoms with E-state index < -0.39 is 0 Å². The molecule has 136 valence electrons. The smallest absolute Gasteiger partial charge is 0.161 e. The summed E-state index contributed by atoms with van der Waals surface area (Å²) in [6, 6.07) is 14.8. The van der Waals surface area contributed by atoms with E-state index in [0.29, 0.717) is 5.92 Å². The van der Waals surface area contributed by atoms with Crippen molar-refractivity contribution in [1.82, 2.24) is 4.90 Å². The summed E-state index contributed by atoms with van der Waals surface area (Å²) in [5.74, 6) is 2.06. The molecule has 0 spiro atoms. The fourth-order valence-electron chi connectivity index (χ4n) is 3.40. The molecular weight excluding hydrogens is 336 g/mol. The van der Waals surface area contributed by atoms with Gasteiger partial charge in [-0.1, -0.05) is 37.3 Å². The summed E-state index contributed by atoms with van der Waals surface area (Å²) in [4.78, 5) is 2.42. The van der Waals surface area contributed by atoms with Gasteiger partial charge in [-0.15, -0.1) is 12.4 Å². The molecule has 5 heteroatoms. The molecule has 1 fully saturated rings. The average molecular weight is 363 g/mol. The van der Waals surface area contributed by atoms with Gasteiger partial charge in [0.25, 0.3) is 0 Å². The topological polar surface area (TPSA) is 47.7 Å². The number of methoxy groups -OCH3 is 2. The van der Waals surface area contributed by atoms with Crippen molar-refractivity contribution < 1.29 is 9.47 Å². The van der Waals surface area contributed by atoms with Crippen molar-refractivity contribution in [1.29, 1.82) is 0 Å². The molecule has 0 bridgehead atoms. The molecule has 0 aromatic heterocycles. The third-order valence-electron chi connectivity index (χ3n) is 4.83. The van der Waals surface area contributed by atoms with Gasteiger partial charge in [-0.3, -0.25) is 4.90 Å². The lowest BCUT2D eigenvalue weighted by molar-refractivity contribution is 0.317. The van der Waals surface area contributed by atoms with Gasteiger partial charge < -0.3 is 15.2 Å². The molecule has 3 rings (SSSR count). The Kier molecular flexibility index (Phi) is 6.71. The highest BCUT2D eigenvalue weighted by molar-refractivity contribution is 5.85. The number of hydrogen-bond donors (Lipinski definition) is 1. The van der Waals surface area contributed by atoms with Crippen LogP contribution in [0.15, 0.2) is 42.5 Å². The highest BCUT2D eigenvalue weighted by Crippen LogP contribution is 2.36. The Bertz CT molecular complexity index is 684. The van der Waals surface area contributed by atoms with Gasteiger partial charge in [0.2, 0.25) is 0 Å². The monoisotopic (exact) mass is 362 g/mol. The predicted molar refractivity (Wildman–Crippen MR) is 105 cm³/mol. The number of nitrogens with zero attached hydrogens (tertiary/aromatic N) is 1. The van der Waals surface area contributed by atoms with Crippen LogP contribution in [0.4, 0.5) is 0 Å². The maximum absolute atomic E-state index is 6.19. The van der Waals surface area contributed by atoms with E-state index in [-0.39, 0.29) is 18.4 Å². The largest absolute Gasteiger partial charge is 0.493 e. The van der Waals surface area contributed by atoms with E-state index in [4.69, 9.17) is 15.2 Å². The lowest BCUT2D eigenvalue weighted by Crippen LogP contribution is -2.28. The highest BCUT2D eigenvalue weighted by atomic mass is 35.5. The minimum atomic E-state index is 0. The first-order valence-corrected chi connectivity index (χ1v) is 8.40. The van der Waals surface area contributed by atoms with E-state index in [1.807, 2.05) is 6.07 Å². The molecule has 0 radical (unpaired) electrons. The normalized spacial score (nSPS) is 20.2. The molecule has 2 unspecified atom stereocenters. The lowest BCUT2D eigenvalue weighted by Gasteiger charge is -2.20. The molecule has 2 N–H and O–H groups in total. The van der Waals surface area contributed by atoms with Crippen molar-refractivity contribution in [3.05, 3.63) is 48.0 Å². The fourth-order valence-corrected chi connectivity index (χ4v) is 3.40. The van der Waals surface area contributed by atoms with E-state index in [1.54, 1.807) is 14.2 Å². The summed E-state index contributed by atoms with van der Waals surface area (Å²) in [5, 5.41) is 0.